The number of nitrogens with zero attached hydrogens (tertiary/aromatic N) is 3. The topological polar surface area (TPSA) is 84.7 Å². The molecule has 4 rings (SSSR count). The third kappa shape index (κ3) is 3.49. The molecule has 0 spiro atoms. The van der Waals surface area contributed by atoms with E-state index >= 15 is 0 Å². The molecule has 0 aliphatic rings. The largest absolute Gasteiger partial charge is 0.411 e. The molecule has 0 saturated carbocycles. The number of hydrogen-bond acceptors (Lipinski definition) is 7. The Hall–Kier alpha value is -2.45. The summed E-state index contributed by atoms with van der Waals surface area (Å²) < 4.78 is 5.84. The molecule has 1 atom stereocenters. The first-order chi connectivity index (χ1) is 13.3. The lowest BCUT2D eigenvalue weighted by molar-refractivity contribution is 0.465. The molecule has 4 aromatic rings. The van der Waals surface area contributed by atoms with Crippen molar-refractivity contribution < 1.29 is 4.42 Å². The minimum atomic E-state index is -0.132. The number of fused-ring (bicyclic) bond motifs is 1. The predicted octanol–water partition coefficient (Wildman–Crippen LogP) is 5.12. The lowest BCUT2D eigenvalue weighted by Gasteiger charge is -2.07. The monoisotopic (exact) mass is 412 g/mol. The van der Waals surface area contributed by atoms with Crippen LogP contribution in [0.4, 0.5) is 0 Å². The van der Waals surface area contributed by atoms with Crippen molar-refractivity contribution in [1.29, 1.82) is 0 Å². The summed E-state index contributed by atoms with van der Waals surface area (Å²) >= 11 is 2.92. The molecule has 28 heavy (non-hydrogen) atoms. The van der Waals surface area contributed by atoms with E-state index in [1.165, 1.54) is 11.8 Å². The molecule has 0 unspecified atom stereocenters. The first-order valence-electron chi connectivity index (χ1n) is 8.90. The molecule has 0 fully saturated rings. The van der Waals surface area contributed by atoms with Gasteiger partial charge in [-0.3, -0.25) is 4.79 Å². The average molecular weight is 413 g/mol. The highest BCUT2D eigenvalue weighted by molar-refractivity contribution is 7.99. The van der Waals surface area contributed by atoms with Gasteiger partial charge in [-0.2, -0.15) is 0 Å². The number of hydrogen-bond donors (Lipinski definition) is 1. The minimum Gasteiger partial charge on any atom is -0.411 e. The van der Waals surface area contributed by atoms with Crippen LogP contribution >= 0.6 is 23.1 Å². The Bertz CT molecular complexity index is 1220. The van der Waals surface area contributed by atoms with Crippen LogP contribution in [0, 0.1) is 27.7 Å². The number of aromatic nitrogens is 4. The van der Waals surface area contributed by atoms with E-state index in [9.17, 15) is 4.79 Å². The van der Waals surface area contributed by atoms with Crippen molar-refractivity contribution in [2.45, 2.75) is 45.1 Å². The summed E-state index contributed by atoms with van der Waals surface area (Å²) in [6.07, 6.45) is 0. The third-order valence-corrected chi connectivity index (χ3v) is 6.64. The molecule has 3 aromatic heterocycles. The molecule has 3 heterocycles. The number of thioether (sulfide) groups is 1. The molecule has 0 radical (unpaired) electrons. The Morgan fingerprint density at radius 1 is 1.11 bits per heavy atom. The van der Waals surface area contributed by atoms with E-state index in [4.69, 9.17) is 4.42 Å². The van der Waals surface area contributed by atoms with Crippen LogP contribution in [0.25, 0.3) is 21.7 Å². The standard InChI is InChI=1S/C20H20N4O2S2/c1-9-6-10(2)8-14(7-9)18-23-24-20(26-18)28-13(5)16-21-17(25)15-11(3)12(4)27-19(15)22-16/h6-8,13H,1-5H3,(H,21,22,25)/t13-/m1/s1. The van der Waals surface area contributed by atoms with E-state index in [0.29, 0.717) is 22.3 Å². The van der Waals surface area contributed by atoms with Crippen molar-refractivity contribution in [3.05, 3.63) is 55.9 Å². The van der Waals surface area contributed by atoms with Crippen molar-refractivity contribution in [2.75, 3.05) is 0 Å². The highest BCUT2D eigenvalue weighted by Gasteiger charge is 2.19. The second kappa shape index (κ2) is 7.18. The number of aromatic amines is 1. The van der Waals surface area contributed by atoms with Crippen molar-refractivity contribution in [3.8, 4) is 11.5 Å². The quantitative estimate of drug-likeness (QED) is 0.468. The SMILES string of the molecule is Cc1cc(C)cc(-c2nnc(S[C@H](C)c3nc4sc(C)c(C)c4c(=O)[nH]3)o2)c1. The zero-order valence-corrected chi connectivity index (χ0v) is 17.9. The normalized spacial score (nSPS) is 12.6. The summed E-state index contributed by atoms with van der Waals surface area (Å²) in [6, 6.07) is 6.14. The predicted molar refractivity (Wildman–Crippen MR) is 113 cm³/mol. The van der Waals surface area contributed by atoms with Gasteiger partial charge < -0.3 is 9.40 Å². The fourth-order valence-electron chi connectivity index (χ4n) is 3.14. The van der Waals surface area contributed by atoms with Gasteiger partial charge in [-0.05, 0) is 52.3 Å². The number of thiophene rings is 1. The fourth-order valence-corrected chi connectivity index (χ4v) is 4.92. The van der Waals surface area contributed by atoms with E-state index in [-0.39, 0.29) is 10.8 Å². The first kappa shape index (κ1) is 18.9. The highest BCUT2D eigenvalue weighted by atomic mass is 32.2. The molecule has 0 aliphatic heterocycles. The maximum absolute atomic E-state index is 12.5. The fraction of sp³-hybridized carbons (Fsp3) is 0.300. The molecule has 144 valence electrons. The molecule has 1 N–H and O–H groups in total. The molecule has 6 nitrogen and oxygen atoms in total. The van der Waals surface area contributed by atoms with Crippen LogP contribution in [-0.2, 0) is 0 Å². The van der Waals surface area contributed by atoms with E-state index in [2.05, 4.69) is 26.2 Å². The molecule has 1 aromatic carbocycles. The van der Waals surface area contributed by atoms with Crippen LogP contribution in [0.1, 0.15) is 39.6 Å². The van der Waals surface area contributed by atoms with Gasteiger partial charge in [-0.1, -0.05) is 29.0 Å². The van der Waals surface area contributed by atoms with Crippen LogP contribution in [0.15, 0.2) is 32.6 Å². The van der Waals surface area contributed by atoms with Gasteiger partial charge in [0.1, 0.15) is 10.7 Å². The highest BCUT2D eigenvalue weighted by Crippen LogP contribution is 2.35. The average Bonchev–Trinajstić information content (AvgIpc) is 3.19. The van der Waals surface area contributed by atoms with Gasteiger partial charge in [0.15, 0.2) is 0 Å². The summed E-state index contributed by atoms with van der Waals surface area (Å²) in [5, 5.41) is 9.31. The van der Waals surface area contributed by atoms with Crippen LogP contribution in [0.5, 0.6) is 0 Å². The van der Waals surface area contributed by atoms with E-state index in [1.54, 1.807) is 11.3 Å². The van der Waals surface area contributed by atoms with E-state index in [1.807, 2.05) is 46.8 Å². The van der Waals surface area contributed by atoms with Gasteiger partial charge in [-0.25, -0.2) is 4.98 Å². The van der Waals surface area contributed by atoms with E-state index < -0.39 is 0 Å². The van der Waals surface area contributed by atoms with Gasteiger partial charge in [0.2, 0.25) is 5.89 Å². The van der Waals surface area contributed by atoms with Gasteiger partial charge in [0, 0.05) is 10.4 Å². The van der Waals surface area contributed by atoms with Gasteiger partial charge >= 0.3 is 0 Å². The summed E-state index contributed by atoms with van der Waals surface area (Å²) in [7, 11) is 0. The molecule has 0 saturated heterocycles. The maximum atomic E-state index is 12.5. The Kier molecular flexibility index (Phi) is 4.84. The van der Waals surface area contributed by atoms with Crippen molar-refractivity contribution in [1.82, 2.24) is 20.2 Å². The van der Waals surface area contributed by atoms with Crippen LogP contribution in [-0.4, -0.2) is 20.2 Å². The van der Waals surface area contributed by atoms with Crippen LogP contribution < -0.4 is 5.56 Å². The van der Waals surface area contributed by atoms with Gasteiger partial charge in [0.25, 0.3) is 10.8 Å². The Morgan fingerprint density at radius 2 is 1.82 bits per heavy atom. The second-order valence-corrected chi connectivity index (χ2v) is 9.42. The van der Waals surface area contributed by atoms with Crippen molar-refractivity contribution in [3.63, 3.8) is 0 Å². The molecule has 0 amide bonds. The lowest BCUT2D eigenvalue weighted by Crippen LogP contribution is -2.12. The second-order valence-electron chi connectivity index (χ2n) is 6.92. The zero-order valence-electron chi connectivity index (χ0n) is 16.3. The van der Waals surface area contributed by atoms with Gasteiger partial charge in [0.05, 0.1) is 10.6 Å². The van der Waals surface area contributed by atoms with Gasteiger partial charge in [-0.15, -0.1) is 21.5 Å². The molecule has 0 bridgehead atoms. The van der Waals surface area contributed by atoms with Crippen molar-refractivity contribution >= 4 is 33.3 Å². The van der Waals surface area contributed by atoms with Crippen molar-refractivity contribution in [2.24, 2.45) is 0 Å². The Morgan fingerprint density at radius 3 is 2.54 bits per heavy atom. The number of aryl methyl sites for hydroxylation is 4. The number of H-pyrrole nitrogens is 1. The Balaban J connectivity index is 1.61. The molecular formula is C20H20N4O2S2. The zero-order chi connectivity index (χ0) is 20.0. The molecular weight excluding hydrogens is 392 g/mol. The molecule has 8 heteroatoms. The number of benzene rings is 1. The van der Waals surface area contributed by atoms with Crippen LogP contribution in [0.3, 0.4) is 0 Å². The summed E-state index contributed by atoms with van der Waals surface area (Å²) in [4.78, 5) is 21.9. The summed E-state index contributed by atoms with van der Waals surface area (Å²) in [6.45, 7) is 10.00. The summed E-state index contributed by atoms with van der Waals surface area (Å²) in [5.41, 5.74) is 4.09. The molecule has 0 aliphatic carbocycles. The smallest absolute Gasteiger partial charge is 0.277 e. The van der Waals surface area contributed by atoms with Crippen LogP contribution in [0.2, 0.25) is 0 Å². The maximum Gasteiger partial charge on any atom is 0.277 e. The van der Waals surface area contributed by atoms with E-state index in [0.717, 1.165) is 32.0 Å². The number of rotatable bonds is 4. The Labute approximate surface area is 170 Å². The minimum absolute atomic E-state index is 0.101. The lowest BCUT2D eigenvalue weighted by atomic mass is 10.1. The summed E-state index contributed by atoms with van der Waals surface area (Å²) in [5.74, 6) is 1.10. The first-order valence-corrected chi connectivity index (χ1v) is 10.6. The number of nitrogens with one attached hydrogen (secondary N) is 1. The third-order valence-electron chi connectivity index (χ3n) is 4.60.